The number of benzene rings is 12. The van der Waals surface area contributed by atoms with Crippen LogP contribution in [0, 0.1) is 0 Å². The summed E-state index contributed by atoms with van der Waals surface area (Å²) < 4.78 is 168. The van der Waals surface area contributed by atoms with Gasteiger partial charge in [-0.05, 0) is 205 Å². The van der Waals surface area contributed by atoms with Crippen LogP contribution < -0.4 is 18.9 Å². The number of hydrogen-bond donors (Lipinski definition) is 2. The minimum absolute atomic E-state index is 0.0307. The number of carbonyl (C=O) groups excluding carboxylic acids is 1. The van der Waals surface area contributed by atoms with Gasteiger partial charge >= 0.3 is 18.9 Å². The predicted molar refractivity (Wildman–Crippen MR) is 497 cm³/mol. The lowest BCUT2D eigenvalue weighted by atomic mass is 9.86. The van der Waals surface area contributed by atoms with Crippen LogP contribution in [0.2, 0.25) is 0 Å². The Morgan fingerprint density at radius 2 is 0.496 bits per heavy atom. The summed E-state index contributed by atoms with van der Waals surface area (Å²) in [6.07, 6.45) is -11.3. The van der Waals surface area contributed by atoms with E-state index in [1.165, 1.54) is 69.8 Å². The fraction of sp³-hybridized carbons (Fsp3) is 0.298. The van der Waals surface area contributed by atoms with Crippen LogP contribution in [0.25, 0.3) is 66.8 Å². The average Bonchev–Trinajstić information content (AvgIpc) is 0.840. The number of ether oxygens (including phenoxy) is 2. The number of nitrogens with one attached hydrogen (secondary N) is 2. The fourth-order valence-electron chi connectivity index (χ4n) is 12.6. The summed E-state index contributed by atoms with van der Waals surface area (Å²) in [5, 5.41) is 0. The first-order chi connectivity index (χ1) is 57.6. The lowest BCUT2D eigenvalue weighted by molar-refractivity contribution is -0.275. The van der Waals surface area contributed by atoms with Gasteiger partial charge in [0.25, 0.3) is 5.91 Å². The monoisotopic (exact) mass is 1750 g/mol. The maximum absolute atomic E-state index is 12.5. The molecule has 0 saturated heterocycles. The molecule has 664 valence electrons. The third-order valence-electron chi connectivity index (χ3n) is 19.7. The predicted octanol–water partition coefficient (Wildman–Crippen LogP) is 29.2. The average molecular weight is 1760 g/mol. The van der Waals surface area contributed by atoms with Crippen molar-refractivity contribution in [2.24, 2.45) is 0 Å². The molecule has 21 heteroatoms. The minimum atomic E-state index is -4.67. The Kier molecular flexibility index (Phi) is 33.1. The topological polar surface area (TPSA) is 131 Å². The third kappa shape index (κ3) is 33.5. The summed E-state index contributed by atoms with van der Waals surface area (Å²) in [4.78, 5) is 13.6. The van der Waals surface area contributed by atoms with Crippen molar-refractivity contribution in [2.45, 2.75) is 176 Å². The highest BCUT2D eigenvalue weighted by Gasteiger charge is 2.33. The van der Waals surface area contributed by atoms with Gasteiger partial charge in [-0.2, -0.15) is 13.2 Å². The van der Waals surface area contributed by atoms with E-state index in [1.54, 1.807) is 61.5 Å². The molecule has 0 bridgehead atoms. The molecule has 10 nitrogen and oxygen atoms in total. The molecule has 0 heterocycles. The second-order valence-electron chi connectivity index (χ2n) is 36.9. The molecule has 0 fully saturated rings. The van der Waals surface area contributed by atoms with Crippen LogP contribution in [0.5, 0.6) is 11.5 Å². The molecule has 0 spiro atoms. The van der Waals surface area contributed by atoms with Crippen molar-refractivity contribution in [3.05, 3.63) is 336 Å². The lowest BCUT2D eigenvalue weighted by Gasteiger charge is -2.19. The van der Waals surface area contributed by atoms with E-state index >= 15 is 0 Å². The van der Waals surface area contributed by atoms with Crippen molar-refractivity contribution in [3.63, 3.8) is 0 Å². The second kappa shape index (κ2) is 41.1. The van der Waals surface area contributed by atoms with E-state index in [1.807, 2.05) is 127 Å². The number of sulfonamides is 2. The molecule has 0 unspecified atom stereocenters. The van der Waals surface area contributed by atoms with Crippen LogP contribution in [0.1, 0.15) is 174 Å². The van der Waals surface area contributed by atoms with Crippen LogP contribution in [0.3, 0.4) is 0 Å². The number of alkyl halides is 9. The third-order valence-corrected chi connectivity index (χ3v) is 21.0. The Morgan fingerprint density at radius 3 is 0.768 bits per heavy atom. The van der Waals surface area contributed by atoms with Crippen LogP contribution in [0.4, 0.5) is 50.9 Å². The van der Waals surface area contributed by atoms with Gasteiger partial charge in [-0.25, -0.2) is 16.8 Å². The fourth-order valence-corrected chi connectivity index (χ4v) is 13.7. The Bertz CT molecular complexity index is 5650. The normalized spacial score (nSPS) is 12.1. The van der Waals surface area contributed by atoms with Gasteiger partial charge < -0.3 is 14.4 Å². The maximum atomic E-state index is 12.5. The molecule has 1 amide bonds. The number of nitrogens with zero attached hydrogens (tertiary/aromatic N) is 1. The minimum Gasteiger partial charge on any atom is -0.406 e. The standard InChI is InChI=1S/C19H23NO.2C17H17F3O.C17H17F3.2C17H21NO2S/c1-19(2,3)17-11-9-14(10-12-17)15-7-6-8-16(13-15)18(21)20(4)5;1-16(2,3)14-8-4-12(5-9-14)13-6-10-15(11-7-13)21-17(18,19)20;1-16(2,3)14-9-7-12(8-10-14)13-5-4-6-15(11-13)21-17(18,19)20;1-16(2,3)14-8-4-12(5-9-14)13-6-10-15(11-7-13)17(18,19)20;1-17(2,3)15-9-5-13(6-10-15)14-7-11-16(12-8-14)18-21(4,19)20;1-17(2,3)15-10-8-13(9-11-15)14-6-5-7-16(12-14)18-21(4,19)20/h6-13H,1-5H3;2*4-11H,1-3H3;4-11H,1-3H3;2*5-12,18H,1-4H3. The van der Waals surface area contributed by atoms with Crippen molar-refractivity contribution in [2.75, 3.05) is 36.1 Å². The van der Waals surface area contributed by atoms with Gasteiger partial charge in [-0.1, -0.05) is 343 Å². The quantitative estimate of drug-likeness (QED) is 0.110. The summed E-state index contributed by atoms with van der Waals surface area (Å²) in [6, 6.07) is 88.9. The van der Waals surface area contributed by atoms with Crippen molar-refractivity contribution in [1.82, 2.24) is 4.90 Å². The highest BCUT2D eigenvalue weighted by Crippen LogP contribution is 2.37. The zero-order valence-electron chi connectivity index (χ0n) is 75.2. The molecule has 12 aromatic rings. The van der Waals surface area contributed by atoms with Crippen molar-refractivity contribution >= 4 is 37.3 Å². The number of halogens is 9. The van der Waals surface area contributed by atoms with Crippen LogP contribution in [0.15, 0.2) is 291 Å². The molecular weight excluding hydrogens is 1640 g/mol. The highest BCUT2D eigenvalue weighted by atomic mass is 32.2. The Hall–Kier alpha value is -11.4. The number of rotatable bonds is 13. The molecule has 0 atom stereocenters. The SMILES string of the molecule is CC(C)(C)c1ccc(-c2ccc(C(F)(F)F)cc2)cc1.CC(C)(C)c1ccc(-c2ccc(NS(C)(=O)=O)cc2)cc1.CC(C)(C)c1ccc(-c2ccc(OC(F)(F)F)cc2)cc1.CC(C)(C)c1ccc(-c2cccc(NS(C)(=O)=O)c2)cc1.CC(C)(C)c1ccc(-c2cccc(OC(F)(F)F)c2)cc1.CN(C)C(=O)c1cccc(-c2ccc(C(C)(C)C)cc2)c1. The zero-order valence-corrected chi connectivity index (χ0v) is 76.9. The summed E-state index contributed by atoms with van der Waals surface area (Å²) in [5.74, 6) is -0.388. The number of amides is 1. The van der Waals surface area contributed by atoms with Gasteiger partial charge in [0, 0.05) is 31.0 Å². The number of carbonyl (C=O) groups is 1. The first-order valence-corrected chi connectivity index (χ1v) is 44.4. The molecule has 0 aliphatic heterocycles. The first-order valence-electron chi connectivity index (χ1n) is 40.6. The van der Waals surface area contributed by atoms with Gasteiger partial charge in [0.1, 0.15) is 11.5 Å². The highest BCUT2D eigenvalue weighted by molar-refractivity contribution is 7.92. The number of anilines is 2. The number of hydrogen-bond acceptors (Lipinski definition) is 7. The summed E-state index contributed by atoms with van der Waals surface area (Å²) in [5.41, 5.74) is 20.8. The van der Waals surface area contributed by atoms with Gasteiger partial charge in [0.05, 0.1) is 18.1 Å². The van der Waals surface area contributed by atoms with E-state index in [0.717, 1.165) is 91.4 Å². The molecule has 0 radical (unpaired) electrons. The maximum Gasteiger partial charge on any atom is 0.573 e. The van der Waals surface area contributed by atoms with Crippen molar-refractivity contribution in [1.29, 1.82) is 0 Å². The van der Waals surface area contributed by atoms with Crippen molar-refractivity contribution < 1.29 is 70.6 Å². The Labute approximate surface area is 734 Å². The molecule has 0 aliphatic carbocycles. The largest absolute Gasteiger partial charge is 0.573 e. The molecule has 12 aromatic carbocycles. The zero-order chi connectivity index (χ0) is 93.3. The molecule has 125 heavy (non-hydrogen) atoms. The molecule has 0 aromatic heterocycles. The van der Waals surface area contributed by atoms with E-state index in [9.17, 15) is 61.1 Å². The Morgan fingerprint density at radius 1 is 0.264 bits per heavy atom. The van der Waals surface area contributed by atoms with Crippen molar-refractivity contribution in [3.8, 4) is 78.3 Å². The van der Waals surface area contributed by atoms with E-state index in [0.29, 0.717) is 16.9 Å². The molecular formula is C104H116F9N3O7S2. The molecule has 0 aliphatic rings. The van der Waals surface area contributed by atoms with Gasteiger partial charge in [0.2, 0.25) is 20.0 Å². The molecule has 2 N–H and O–H groups in total. The van der Waals surface area contributed by atoms with Crippen LogP contribution in [-0.4, -0.2) is 67.0 Å². The van der Waals surface area contributed by atoms with Crippen LogP contribution in [-0.2, 0) is 58.7 Å². The molecule has 0 saturated carbocycles. The summed E-state index contributed by atoms with van der Waals surface area (Å²) in [7, 11) is -2.94. The first kappa shape index (κ1) is 101. The van der Waals surface area contributed by atoms with E-state index in [4.69, 9.17) is 0 Å². The van der Waals surface area contributed by atoms with Gasteiger partial charge in [-0.3, -0.25) is 14.2 Å². The Balaban J connectivity index is 0.000000206. The molecule has 12 rings (SSSR count). The van der Waals surface area contributed by atoms with Gasteiger partial charge in [-0.15, -0.1) is 26.3 Å². The van der Waals surface area contributed by atoms with Crippen LogP contribution >= 0.6 is 0 Å². The lowest BCUT2D eigenvalue weighted by Crippen LogP contribution is -2.21. The summed E-state index contributed by atoms with van der Waals surface area (Å²) in [6.45, 7) is 38.8. The second-order valence-corrected chi connectivity index (χ2v) is 40.4. The smallest absolute Gasteiger partial charge is 0.406 e. The summed E-state index contributed by atoms with van der Waals surface area (Å²) >= 11 is 0. The van der Waals surface area contributed by atoms with E-state index in [2.05, 4.69) is 216 Å². The van der Waals surface area contributed by atoms with E-state index < -0.39 is 44.5 Å². The van der Waals surface area contributed by atoms with E-state index in [-0.39, 0.29) is 49.9 Å². The van der Waals surface area contributed by atoms with Gasteiger partial charge in [0.15, 0.2) is 0 Å².